The maximum absolute atomic E-state index is 11.9. The van der Waals surface area contributed by atoms with Gasteiger partial charge in [-0.1, -0.05) is 19.4 Å². The van der Waals surface area contributed by atoms with Crippen LogP contribution < -0.4 is 15.8 Å². The van der Waals surface area contributed by atoms with Crippen molar-refractivity contribution < 1.29 is 9.53 Å². The number of hydrogen-bond acceptors (Lipinski definition) is 3. The minimum atomic E-state index is 0.0501. The standard InChI is InChI=1S/C16H26N2O2/c1-3-13(10-11-17)8-9-16(19)18-14-6-5-7-15(12-14)20-4-2/h5-7,12-13H,3-4,8-11,17H2,1-2H3,(H,18,19). The molecular formula is C16H26N2O2. The van der Waals surface area contributed by atoms with Crippen LogP contribution in [0.2, 0.25) is 0 Å². The lowest BCUT2D eigenvalue weighted by Crippen LogP contribution is -2.15. The fourth-order valence-electron chi connectivity index (χ4n) is 2.18. The zero-order valence-corrected chi connectivity index (χ0v) is 12.5. The van der Waals surface area contributed by atoms with E-state index in [2.05, 4.69) is 12.2 Å². The van der Waals surface area contributed by atoms with Crippen LogP contribution in [0.1, 0.15) is 39.5 Å². The number of rotatable bonds is 9. The number of carbonyl (C=O) groups is 1. The van der Waals surface area contributed by atoms with E-state index in [0.29, 0.717) is 25.5 Å². The molecule has 1 atom stereocenters. The fourth-order valence-corrected chi connectivity index (χ4v) is 2.18. The third-order valence-corrected chi connectivity index (χ3v) is 3.36. The molecule has 1 aromatic rings. The Morgan fingerprint density at radius 3 is 2.80 bits per heavy atom. The summed E-state index contributed by atoms with van der Waals surface area (Å²) >= 11 is 0. The zero-order valence-electron chi connectivity index (χ0n) is 12.5. The van der Waals surface area contributed by atoms with Gasteiger partial charge in [0.2, 0.25) is 5.91 Å². The number of nitrogens with one attached hydrogen (secondary N) is 1. The van der Waals surface area contributed by atoms with Crippen LogP contribution in [0.3, 0.4) is 0 Å². The number of ether oxygens (including phenoxy) is 1. The van der Waals surface area contributed by atoms with Crippen molar-refractivity contribution in [2.45, 2.75) is 39.5 Å². The maximum atomic E-state index is 11.9. The summed E-state index contributed by atoms with van der Waals surface area (Å²) in [5.41, 5.74) is 6.35. The van der Waals surface area contributed by atoms with E-state index < -0.39 is 0 Å². The quantitative estimate of drug-likeness (QED) is 0.729. The van der Waals surface area contributed by atoms with E-state index in [1.54, 1.807) is 0 Å². The molecule has 1 amide bonds. The van der Waals surface area contributed by atoms with Crippen molar-refractivity contribution >= 4 is 11.6 Å². The highest BCUT2D eigenvalue weighted by molar-refractivity contribution is 5.90. The molecule has 20 heavy (non-hydrogen) atoms. The largest absolute Gasteiger partial charge is 0.494 e. The summed E-state index contributed by atoms with van der Waals surface area (Å²) in [5, 5.41) is 2.91. The summed E-state index contributed by atoms with van der Waals surface area (Å²) in [7, 11) is 0. The summed E-state index contributed by atoms with van der Waals surface area (Å²) in [6, 6.07) is 7.48. The fraction of sp³-hybridized carbons (Fsp3) is 0.562. The second-order valence-corrected chi connectivity index (χ2v) is 4.90. The first-order valence-corrected chi connectivity index (χ1v) is 7.42. The molecule has 0 heterocycles. The van der Waals surface area contributed by atoms with Crippen LogP contribution in [0.4, 0.5) is 5.69 Å². The molecule has 1 rings (SSSR count). The molecule has 4 heteroatoms. The second-order valence-electron chi connectivity index (χ2n) is 4.90. The Balaban J connectivity index is 2.43. The number of nitrogens with two attached hydrogens (primary N) is 1. The molecule has 0 aliphatic rings. The van der Waals surface area contributed by atoms with Crippen LogP contribution in [-0.4, -0.2) is 19.1 Å². The van der Waals surface area contributed by atoms with Crippen molar-refractivity contribution in [1.29, 1.82) is 0 Å². The Bertz CT molecular complexity index is 407. The van der Waals surface area contributed by atoms with Gasteiger partial charge < -0.3 is 15.8 Å². The molecule has 0 radical (unpaired) electrons. The summed E-state index contributed by atoms with van der Waals surface area (Å²) in [4.78, 5) is 11.9. The van der Waals surface area contributed by atoms with E-state index in [1.807, 2.05) is 31.2 Å². The lowest BCUT2D eigenvalue weighted by molar-refractivity contribution is -0.116. The van der Waals surface area contributed by atoms with Gasteiger partial charge in [-0.15, -0.1) is 0 Å². The molecule has 112 valence electrons. The van der Waals surface area contributed by atoms with Crippen molar-refractivity contribution in [3.8, 4) is 5.75 Å². The van der Waals surface area contributed by atoms with E-state index in [-0.39, 0.29) is 5.91 Å². The number of anilines is 1. The van der Waals surface area contributed by atoms with Crippen molar-refractivity contribution in [2.75, 3.05) is 18.5 Å². The molecule has 0 aliphatic carbocycles. The van der Waals surface area contributed by atoms with Gasteiger partial charge in [-0.05, 0) is 44.4 Å². The predicted octanol–water partition coefficient (Wildman–Crippen LogP) is 3.18. The van der Waals surface area contributed by atoms with Gasteiger partial charge >= 0.3 is 0 Å². The Morgan fingerprint density at radius 2 is 2.15 bits per heavy atom. The first-order valence-electron chi connectivity index (χ1n) is 7.42. The minimum absolute atomic E-state index is 0.0501. The number of benzene rings is 1. The monoisotopic (exact) mass is 278 g/mol. The van der Waals surface area contributed by atoms with Gasteiger partial charge in [0.15, 0.2) is 0 Å². The Kier molecular flexibility index (Phi) is 7.73. The molecular weight excluding hydrogens is 252 g/mol. The lowest BCUT2D eigenvalue weighted by Gasteiger charge is -2.13. The molecule has 3 N–H and O–H groups in total. The molecule has 1 aromatic carbocycles. The smallest absolute Gasteiger partial charge is 0.224 e. The predicted molar refractivity (Wildman–Crippen MR) is 82.9 cm³/mol. The van der Waals surface area contributed by atoms with Crippen molar-refractivity contribution in [3.05, 3.63) is 24.3 Å². The van der Waals surface area contributed by atoms with E-state index in [1.165, 1.54) is 0 Å². The Morgan fingerprint density at radius 1 is 1.35 bits per heavy atom. The van der Waals surface area contributed by atoms with Crippen LogP contribution in [0.15, 0.2) is 24.3 Å². The number of hydrogen-bond donors (Lipinski definition) is 2. The van der Waals surface area contributed by atoms with E-state index >= 15 is 0 Å². The van der Waals surface area contributed by atoms with E-state index in [4.69, 9.17) is 10.5 Å². The molecule has 0 saturated heterocycles. The van der Waals surface area contributed by atoms with Crippen LogP contribution in [0.25, 0.3) is 0 Å². The SMILES string of the molecule is CCOc1cccc(NC(=O)CCC(CC)CCN)c1. The normalized spacial score (nSPS) is 11.9. The summed E-state index contributed by atoms with van der Waals surface area (Å²) in [6.45, 7) is 5.39. The molecule has 1 unspecified atom stereocenters. The van der Waals surface area contributed by atoms with Crippen molar-refractivity contribution in [2.24, 2.45) is 11.7 Å². The third-order valence-electron chi connectivity index (χ3n) is 3.36. The van der Waals surface area contributed by atoms with Crippen molar-refractivity contribution in [1.82, 2.24) is 0 Å². The highest BCUT2D eigenvalue weighted by atomic mass is 16.5. The zero-order chi connectivity index (χ0) is 14.8. The Labute approximate surface area is 121 Å². The molecule has 0 fully saturated rings. The second kappa shape index (κ2) is 9.37. The van der Waals surface area contributed by atoms with Crippen LogP contribution in [0.5, 0.6) is 5.75 Å². The summed E-state index contributed by atoms with van der Waals surface area (Å²) in [5.74, 6) is 1.37. The van der Waals surface area contributed by atoms with Gasteiger partial charge in [-0.25, -0.2) is 0 Å². The van der Waals surface area contributed by atoms with Gasteiger partial charge in [0.1, 0.15) is 5.75 Å². The summed E-state index contributed by atoms with van der Waals surface area (Å²) in [6.07, 6.45) is 3.50. The molecule has 0 aliphatic heterocycles. The van der Waals surface area contributed by atoms with Gasteiger partial charge in [-0.3, -0.25) is 4.79 Å². The maximum Gasteiger partial charge on any atom is 0.224 e. The van der Waals surface area contributed by atoms with Gasteiger partial charge in [0, 0.05) is 18.2 Å². The Hall–Kier alpha value is -1.55. The highest BCUT2D eigenvalue weighted by Gasteiger charge is 2.09. The molecule has 0 spiro atoms. The third kappa shape index (κ3) is 6.06. The van der Waals surface area contributed by atoms with Crippen LogP contribution in [0, 0.1) is 5.92 Å². The van der Waals surface area contributed by atoms with Crippen LogP contribution in [-0.2, 0) is 4.79 Å². The number of amides is 1. The lowest BCUT2D eigenvalue weighted by atomic mass is 9.96. The van der Waals surface area contributed by atoms with E-state index in [0.717, 1.165) is 30.7 Å². The van der Waals surface area contributed by atoms with E-state index in [9.17, 15) is 4.79 Å². The van der Waals surface area contributed by atoms with Gasteiger partial charge in [0.25, 0.3) is 0 Å². The minimum Gasteiger partial charge on any atom is -0.494 e. The topological polar surface area (TPSA) is 64.3 Å². The summed E-state index contributed by atoms with van der Waals surface area (Å²) < 4.78 is 5.41. The van der Waals surface area contributed by atoms with Gasteiger partial charge in [-0.2, -0.15) is 0 Å². The first kappa shape index (κ1) is 16.5. The average Bonchev–Trinajstić information content (AvgIpc) is 2.44. The first-order chi connectivity index (χ1) is 9.69. The van der Waals surface area contributed by atoms with Gasteiger partial charge in [0.05, 0.1) is 6.61 Å². The molecule has 0 saturated carbocycles. The molecule has 4 nitrogen and oxygen atoms in total. The highest BCUT2D eigenvalue weighted by Crippen LogP contribution is 2.19. The van der Waals surface area contributed by atoms with Crippen LogP contribution >= 0.6 is 0 Å². The molecule has 0 aromatic heterocycles. The molecule has 0 bridgehead atoms. The average molecular weight is 278 g/mol. The number of carbonyl (C=O) groups excluding carboxylic acids is 1. The van der Waals surface area contributed by atoms with Crippen molar-refractivity contribution in [3.63, 3.8) is 0 Å².